The average molecular weight is 302 g/mol. The van der Waals surface area contributed by atoms with E-state index in [2.05, 4.69) is 33.8 Å². The van der Waals surface area contributed by atoms with Crippen LogP contribution in [0.2, 0.25) is 0 Å². The predicted molar refractivity (Wildman–Crippen MR) is 86.7 cm³/mol. The molecule has 1 saturated heterocycles. The van der Waals surface area contributed by atoms with Crippen LogP contribution in [0.4, 0.5) is 5.82 Å². The number of anilines is 1. The topological polar surface area (TPSA) is 49.3 Å². The van der Waals surface area contributed by atoms with Gasteiger partial charge >= 0.3 is 0 Å². The lowest BCUT2D eigenvalue weighted by Crippen LogP contribution is -2.47. The third-order valence-electron chi connectivity index (χ3n) is 4.75. The first-order valence-electron chi connectivity index (χ1n) is 8.39. The lowest BCUT2D eigenvalue weighted by molar-refractivity contribution is -0.133. The highest BCUT2D eigenvalue weighted by molar-refractivity contribution is 5.78. The van der Waals surface area contributed by atoms with E-state index < -0.39 is 0 Å². The SMILES string of the molecule is Cc1ccc(N2CCC(=O)N(CC3CC3)[C@H](C(C)C)C2)nn1. The quantitative estimate of drug-likeness (QED) is 0.856. The Morgan fingerprint density at radius 2 is 2.05 bits per heavy atom. The minimum absolute atomic E-state index is 0.263. The van der Waals surface area contributed by atoms with Gasteiger partial charge in [0, 0.05) is 26.1 Å². The molecule has 0 aromatic carbocycles. The minimum Gasteiger partial charge on any atom is -0.353 e. The summed E-state index contributed by atoms with van der Waals surface area (Å²) in [4.78, 5) is 17.0. The molecule has 0 bridgehead atoms. The summed E-state index contributed by atoms with van der Waals surface area (Å²) in [6.07, 6.45) is 3.13. The van der Waals surface area contributed by atoms with Crippen LogP contribution in [0.25, 0.3) is 0 Å². The zero-order chi connectivity index (χ0) is 15.7. The molecule has 2 aliphatic rings. The summed E-state index contributed by atoms with van der Waals surface area (Å²) in [5, 5.41) is 8.47. The van der Waals surface area contributed by atoms with Crippen molar-refractivity contribution >= 4 is 11.7 Å². The van der Waals surface area contributed by atoms with Crippen LogP contribution in [0.1, 0.15) is 38.8 Å². The number of hydrogen-bond donors (Lipinski definition) is 0. The summed E-state index contributed by atoms with van der Waals surface area (Å²) in [6.45, 7) is 8.89. The lowest BCUT2D eigenvalue weighted by Gasteiger charge is -2.35. The van der Waals surface area contributed by atoms with E-state index in [1.807, 2.05) is 19.1 Å². The first-order chi connectivity index (χ1) is 10.5. The molecule has 2 heterocycles. The molecule has 1 atom stereocenters. The maximum Gasteiger partial charge on any atom is 0.224 e. The summed E-state index contributed by atoms with van der Waals surface area (Å²) in [5.74, 6) is 2.36. The normalized spacial score (nSPS) is 23.1. The molecule has 5 nitrogen and oxygen atoms in total. The van der Waals surface area contributed by atoms with E-state index in [1.165, 1.54) is 12.8 Å². The van der Waals surface area contributed by atoms with Crippen LogP contribution in [0, 0.1) is 18.8 Å². The van der Waals surface area contributed by atoms with Crippen molar-refractivity contribution in [2.45, 2.75) is 46.1 Å². The third-order valence-corrected chi connectivity index (χ3v) is 4.75. The van der Waals surface area contributed by atoms with Gasteiger partial charge in [-0.15, -0.1) is 5.10 Å². The molecular weight excluding hydrogens is 276 g/mol. The number of aromatic nitrogens is 2. The minimum atomic E-state index is 0.263. The molecule has 1 aliphatic heterocycles. The summed E-state index contributed by atoms with van der Waals surface area (Å²) < 4.78 is 0. The fraction of sp³-hybridized carbons (Fsp3) is 0.706. The van der Waals surface area contributed by atoms with Gasteiger partial charge in [0.25, 0.3) is 0 Å². The Morgan fingerprint density at radius 3 is 2.64 bits per heavy atom. The van der Waals surface area contributed by atoms with Gasteiger partial charge in [0.15, 0.2) is 5.82 Å². The van der Waals surface area contributed by atoms with Crippen molar-refractivity contribution in [3.63, 3.8) is 0 Å². The van der Waals surface area contributed by atoms with Gasteiger partial charge in [0.2, 0.25) is 5.91 Å². The zero-order valence-electron chi connectivity index (χ0n) is 13.8. The highest BCUT2D eigenvalue weighted by Gasteiger charge is 2.35. The van der Waals surface area contributed by atoms with E-state index in [1.54, 1.807) is 0 Å². The summed E-state index contributed by atoms with van der Waals surface area (Å²) in [6, 6.07) is 4.26. The average Bonchev–Trinajstić information content (AvgIpc) is 3.30. The molecule has 1 aliphatic carbocycles. The molecule has 5 heteroatoms. The van der Waals surface area contributed by atoms with Crippen LogP contribution in [-0.2, 0) is 4.79 Å². The summed E-state index contributed by atoms with van der Waals surface area (Å²) >= 11 is 0. The van der Waals surface area contributed by atoms with Gasteiger partial charge in [-0.25, -0.2) is 0 Å². The smallest absolute Gasteiger partial charge is 0.224 e. The van der Waals surface area contributed by atoms with Crippen molar-refractivity contribution in [3.05, 3.63) is 17.8 Å². The molecule has 0 N–H and O–H groups in total. The maximum absolute atomic E-state index is 12.6. The van der Waals surface area contributed by atoms with Crippen molar-refractivity contribution in [2.24, 2.45) is 11.8 Å². The van der Waals surface area contributed by atoms with E-state index in [0.29, 0.717) is 18.2 Å². The largest absolute Gasteiger partial charge is 0.353 e. The Balaban J connectivity index is 1.80. The molecule has 2 fully saturated rings. The molecule has 22 heavy (non-hydrogen) atoms. The first kappa shape index (κ1) is 15.3. The van der Waals surface area contributed by atoms with Crippen LogP contribution in [0.15, 0.2) is 12.1 Å². The Bertz CT molecular complexity index is 524. The zero-order valence-corrected chi connectivity index (χ0v) is 13.8. The second kappa shape index (κ2) is 6.23. The predicted octanol–water partition coefficient (Wildman–Crippen LogP) is 2.26. The number of carbonyl (C=O) groups is 1. The van der Waals surface area contributed by atoms with Crippen LogP contribution in [-0.4, -0.2) is 46.7 Å². The molecule has 0 spiro atoms. The van der Waals surface area contributed by atoms with Gasteiger partial charge in [-0.05, 0) is 43.7 Å². The number of amides is 1. The molecule has 1 saturated carbocycles. The molecule has 0 unspecified atom stereocenters. The van der Waals surface area contributed by atoms with Gasteiger partial charge in [0.1, 0.15) is 0 Å². The molecule has 120 valence electrons. The van der Waals surface area contributed by atoms with Crippen LogP contribution >= 0.6 is 0 Å². The van der Waals surface area contributed by atoms with Gasteiger partial charge in [0.05, 0.1) is 11.7 Å². The second-order valence-corrected chi connectivity index (χ2v) is 7.03. The monoisotopic (exact) mass is 302 g/mol. The summed E-state index contributed by atoms with van der Waals surface area (Å²) in [5.41, 5.74) is 0.922. The van der Waals surface area contributed by atoms with Crippen molar-refractivity contribution in [2.75, 3.05) is 24.5 Å². The molecule has 1 aromatic heterocycles. The van der Waals surface area contributed by atoms with E-state index in [9.17, 15) is 4.79 Å². The lowest BCUT2D eigenvalue weighted by atomic mass is 10.0. The van der Waals surface area contributed by atoms with E-state index in [-0.39, 0.29) is 6.04 Å². The van der Waals surface area contributed by atoms with Crippen LogP contribution in [0.5, 0.6) is 0 Å². The highest BCUT2D eigenvalue weighted by atomic mass is 16.2. The van der Waals surface area contributed by atoms with E-state index >= 15 is 0 Å². The second-order valence-electron chi connectivity index (χ2n) is 7.03. The van der Waals surface area contributed by atoms with Gasteiger partial charge in [-0.3, -0.25) is 4.79 Å². The molecule has 3 rings (SSSR count). The Morgan fingerprint density at radius 1 is 1.27 bits per heavy atom. The van der Waals surface area contributed by atoms with E-state index in [0.717, 1.165) is 37.1 Å². The highest BCUT2D eigenvalue weighted by Crippen LogP contribution is 2.32. The standard InChI is InChI=1S/C17H26N4O/c1-12(2)15-11-20(16-7-4-13(3)18-19-16)9-8-17(22)21(15)10-14-5-6-14/h4,7,12,14-15H,5-6,8-11H2,1-3H3/t15-/m0/s1. The van der Waals surface area contributed by atoms with Gasteiger partial charge in [-0.2, -0.15) is 5.10 Å². The van der Waals surface area contributed by atoms with E-state index in [4.69, 9.17) is 0 Å². The number of aryl methyl sites for hydroxylation is 1. The van der Waals surface area contributed by atoms with Crippen molar-refractivity contribution < 1.29 is 4.79 Å². The van der Waals surface area contributed by atoms with Crippen molar-refractivity contribution in [1.82, 2.24) is 15.1 Å². The number of nitrogens with zero attached hydrogens (tertiary/aromatic N) is 4. The van der Waals surface area contributed by atoms with Crippen LogP contribution in [0.3, 0.4) is 0 Å². The third kappa shape index (κ3) is 3.39. The van der Waals surface area contributed by atoms with Gasteiger partial charge < -0.3 is 9.80 Å². The van der Waals surface area contributed by atoms with Gasteiger partial charge in [-0.1, -0.05) is 13.8 Å². The molecule has 0 radical (unpaired) electrons. The van der Waals surface area contributed by atoms with Crippen LogP contribution < -0.4 is 4.90 Å². The first-order valence-corrected chi connectivity index (χ1v) is 8.39. The molecule has 1 amide bonds. The number of rotatable bonds is 4. The van der Waals surface area contributed by atoms with Crippen molar-refractivity contribution in [1.29, 1.82) is 0 Å². The number of hydrogen-bond acceptors (Lipinski definition) is 4. The van der Waals surface area contributed by atoms with Crippen molar-refractivity contribution in [3.8, 4) is 0 Å². The molecular formula is C17H26N4O. The Labute approximate surface area is 132 Å². The Kier molecular flexibility index (Phi) is 4.32. The fourth-order valence-electron chi connectivity index (χ4n) is 3.13. The maximum atomic E-state index is 12.6. The fourth-order valence-corrected chi connectivity index (χ4v) is 3.13. The molecule has 1 aromatic rings. The Hall–Kier alpha value is -1.65. The summed E-state index contributed by atoms with van der Waals surface area (Å²) in [7, 11) is 0. The number of carbonyl (C=O) groups excluding carboxylic acids is 1.